The number of thiazole rings is 1. The topological polar surface area (TPSA) is 24.9 Å². The highest BCUT2D eigenvalue weighted by Gasteiger charge is 2.13. The minimum absolute atomic E-state index is 0.658. The molecule has 0 bridgehead atoms. The Morgan fingerprint density at radius 2 is 2.14 bits per heavy atom. The summed E-state index contributed by atoms with van der Waals surface area (Å²) in [6.07, 6.45) is 3.46. The predicted octanol–water partition coefficient (Wildman–Crippen LogP) is 4.62. The van der Waals surface area contributed by atoms with Crippen LogP contribution >= 0.6 is 27.3 Å². The van der Waals surface area contributed by atoms with Gasteiger partial charge in [0.25, 0.3) is 0 Å². The van der Waals surface area contributed by atoms with E-state index in [1.165, 1.54) is 27.0 Å². The summed E-state index contributed by atoms with van der Waals surface area (Å²) in [5.74, 6) is 0.658. The number of nitrogens with one attached hydrogen (secondary N) is 1. The molecular formula is C17H23BrN2S. The third kappa shape index (κ3) is 5.20. The van der Waals surface area contributed by atoms with E-state index in [4.69, 9.17) is 0 Å². The van der Waals surface area contributed by atoms with Crippen molar-refractivity contribution in [3.8, 4) is 0 Å². The molecule has 0 aliphatic rings. The molecule has 1 unspecified atom stereocenters. The molecule has 0 spiro atoms. The molecule has 2 nitrogen and oxygen atoms in total. The molecular weight excluding hydrogens is 344 g/mol. The van der Waals surface area contributed by atoms with Gasteiger partial charge >= 0.3 is 0 Å². The smallest absolute Gasteiger partial charge is 0.0797 e. The number of aryl methyl sites for hydroxylation is 2. The summed E-state index contributed by atoms with van der Waals surface area (Å²) in [6.45, 7) is 6.39. The number of rotatable bonds is 8. The first-order valence-corrected chi connectivity index (χ1v) is 9.21. The quantitative estimate of drug-likeness (QED) is 0.737. The molecule has 0 aliphatic heterocycles. The molecule has 1 N–H and O–H groups in total. The third-order valence-electron chi connectivity index (χ3n) is 3.77. The molecule has 2 rings (SSSR count). The summed E-state index contributed by atoms with van der Waals surface area (Å²) in [4.78, 5) is 5.78. The van der Waals surface area contributed by atoms with Crippen molar-refractivity contribution in [1.82, 2.24) is 10.3 Å². The van der Waals surface area contributed by atoms with E-state index >= 15 is 0 Å². The molecule has 4 heteroatoms. The second-order valence-corrected chi connectivity index (χ2v) is 7.16. The molecule has 21 heavy (non-hydrogen) atoms. The van der Waals surface area contributed by atoms with Crippen LogP contribution in [0.25, 0.3) is 0 Å². The minimum atomic E-state index is 0.658. The van der Waals surface area contributed by atoms with Crippen LogP contribution in [0.15, 0.2) is 34.2 Å². The molecule has 0 saturated carbocycles. The SMILES string of the molecule is CCNCC(CCc1scnc1C)Cc1ccccc1Br. The number of hydrogen-bond acceptors (Lipinski definition) is 3. The number of benzene rings is 1. The maximum atomic E-state index is 4.35. The van der Waals surface area contributed by atoms with Gasteiger partial charge in [-0.25, -0.2) is 4.98 Å². The van der Waals surface area contributed by atoms with Crippen molar-refractivity contribution < 1.29 is 0 Å². The van der Waals surface area contributed by atoms with Crippen molar-refractivity contribution in [1.29, 1.82) is 0 Å². The zero-order valence-electron chi connectivity index (χ0n) is 12.7. The van der Waals surface area contributed by atoms with Crippen molar-refractivity contribution in [3.05, 3.63) is 50.4 Å². The van der Waals surface area contributed by atoms with Crippen LogP contribution in [0.5, 0.6) is 0 Å². The van der Waals surface area contributed by atoms with Crippen LogP contribution in [0.1, 0.15) is 29.5 Å². The van der Waals surface area contributed by atoms with Gasteiger partial charge in [0.05, 0.1) is 11.2 Å². The van der Waals surface area contributed by atoms with Gasteiger partial charge in [-0.1, -0.05) is 41.1 Å². The molecule has 0 amide bonds. The zero-order chi connectivity index (χ0) is 15.1. The monoisotopic (exact) mass is 366 g/mol. The van der Waals surface area contributed by atoms with Gasteiger partial charge < -0.3 is 5.32 Å². The lowest BCUT2D eigenvalue weighted by Gasteiger charge is -2.18. The van der Waals surface area contributed by atoms with Crippen LogP contribution < -0.4 is 5.32 Å². The van der Waals surface area contributed by atoms with Crippen LogP contribution in [0.3, 0.4) is 0 Å². The Balaban J connectivity index is 1.97. The van der Waals surface area contributed by atoms with E-state index in [1.54, 1.807) is 11.3 Å². The minimum Gasteiger partial charge on any atom is -0.317 e. The third-order valence-corrected chi connectivity index (χ3v) is 5.54. The van der Waals surface area contributed by atoms with Crippen LogP contribution in [-0.2, 0) is 12.8 Å². The van der Waals surface area contributed by atoms with Crippen LogP contribution in [0, 0.1) is 12.8 Å². The molecule has 1 aromatic carbocycles. The van der Waals surface area contributed by atoms with Crippen molar-refractivity contribution in [2.45, 2.75) is 33.1 Å². The summed E-state index contributed by atoms with van der Waals surface area (Å²) in [7, 11) is 0. The zero-order valence-corrected chi connectivity index (χ0v) is 15.1. The first-order chi connectivity index (χ1) is 10.2. The largest absolute Gasteiger partial charge is 0.317 e. The molecule has 1 atom stereocenters. The predicted molar refractivity (Wildman–Crippen MR) is 95.1 cm³/mol. The van der Waals surface area contributed by atoms with E-state index < -0.39 is 0 Å². The molecule has 0 fully saturated rings. The highest BCUT2D eigenvalue weighted by Crippen LogP contribution is 2.23. The molecule has 1 heterocycles. The van der Waals surface area contributed by atoms with Gasteiger partial charge in [0.1, 0.15) is 0 Å². The Morgan fingerprint density at radius 3 is 2.81 bits per heavy atom. The first kappa shape index (κ1) is 16.7. The molecule has 114 valence electrons. The van der Waals surface area contributed by atoms with Gasteiger partial charge in [-0.15, -0.1) is 11.3 Å². The Hall–Kier alpha value is -0.710. The second-order valence-electron chi connectivity index (χ2n) is 5.37. The van der Waals surface area contributed by atoms with Crippen LogP contribution in [-0.4, -0.2) is 18.1 Å². The van der Waals surface area contributed by atoms with Gasteiger partial charge in [0, 0.05) is 9.35 Å². The van der Waals surface area contributed by atoms with Gasteiger partial charge in [0.2, 0.25) is 0 Å². The highest BCUT2D eigenvalue weighted by molar-refractivity contribution is 9.10. The normalized spacial score (nSPS) is 12.5. The summed E-state index contributed by atoms with van der Waals surface area (Å²) >= 11 is 5.45. The maximum Gasteiger partial charge on any atom is 0.0797 e. The van der Waals surface area contributed by atoms with Crippen molar-refractivity contribution in [2.24, 2.45) is 5.92 Å². The van der Waals surface area contributed by atoms with E-state index in [1.807, 2.05) is 5.51 Å². The summed E-state index contributed by atoms with van der Waals surface area (Å²) < 4.78 is 1.22. The van der Waals surface area contributed by atoms with E-state index in [0.29, 0.717) is 5.92 Å². The Bertz CT molecular complexity index is 553. The van der Waals surface area contributed by atoms with Gasteiger partial charge in [-0.05, 0) is 56.8 Å². The molecule has 0 saturated heterocycles. The average molecular weight is 367 g/mol. The van der Waals surface area contributed by atoms with E-state index in [0.717, 1.165) is 25.9 Å². The fourth-order valence-electron chi connectivity index (χ4n) is 2.50. The van der Waals surface area contributed by atoms with E-state index in [-0.39, 0.29) is 0 Å². The molecule has 2 aromatic rings. The van der Waals surface area contributed by atoms with E-state index in [2.05, 4.69) is 64.3 Å². The van der Waals surface area contributed by atoms with E-state index in [9.17, 15) is 0 Å². The first-order valence-electron chi connectivity index (χ1n) is 7.53. The summed E-state index contributed by atoms with van der Waals surface area (Å²) in [5, 5.41) is 3.51. The number of hydrogen-bond donors (Lipinski definition) is 1. The number of nitrogens with zero attached hydrogens (tertiary/aromatic N) is 1. The molecule has 0 radical (unpaired) electrons. The summed E-state index contributed by atoms with van der Waals surface area (Å²) in [6, 6.07) is 8.55. The van der Waals surface area contributed by atoms with Crippen LogP contribution in [0.4, 0.5) is 0 Å². The Kier molecular flexibility index (Phi) is 6.87. The number of aromatic nitrogens is 1. The van der Waals surface area contributed by atoms with Crippen molar-refractivity contribution in [3.63, 3.8) is 0 Å². The number of halogens is 1. The van der Waals surface area contributed by atoms with Crippen LogP contribution in [0.2, 0.25) is 0 Å². The fraction of sp³-hybridized carbons (Fsp3) is 0.471. The van der Waals surface area contributed by atoms with Gasteiger partial charge in [-0.3, -0.25) is 0 Å². The Morgan fingerprint density at radius 1 is 1.33 bits per heavy atom. The standard InChI is InChI=1S/C17H23BrN2S/c1-3-19-11-14(8-9-17-13(2)20-12-21-17)10-15-6-4-5-7-16(15)18/h4-7,12,14,19H,3,8-11H2,1-2H3. The second kappa shape index (κ2) is 8.66. The van der Waals surface area contributed by atoms with Crippen molar-refractivity contribution >= 4 is 27.3 Å². The lowest BCUT2D eigenvalue weighted by molar-refractivity contribution is 0.449. The average Bonchev–Trinajstić information content (AvgIpc) is 2.89. The Labute approximate surface area is 140 Å². The molecule has 0 aliphatic carbocycles. The van der Waals surface area contributed by atoms with Gasteiger partial charge in [-0.2, -0.15) is 0 Å². The lowest BCUT2D eigenvalue weighted by Crippen LogP contribution is -2.24. The highest BCUT2D eigenvalue weighted by atomic mass is 79.9. The summed E-state index contributed by atoms with van der Waals surface area (Å²) in [5.41, 5.74) is 4.56. The lowest BCUT2D eigenvalue weighted by atomic mass is 9.94. The fourth-order valence-corrected chi connectivity index (χ4v) is 3.74. The van der Waals surface area contributed by atoms with Crippen molar-refractivity contribution in [2.75, 3.05) is 13.1 Å². The maximum absolute atomic E-state index is 4.35. The van der Waals surface area contributed by atoms with Gasteiger partial charge in [0.15, 0.2) is 0 Å². The molecule has 1 aromatic heterocycles.